The molecule has 0 aliphatic carbocycles. The van der Waals surface area contributed by atoms with Crippen molar-refractivity contribution in [2.45, 2.75) is 33.9 Å². The van der Waals surface area contributed by atoms with Crippen molar-refractivity contribution in [1.82, 2.24) is 24.7 Å². The Morgan fingerprint density at radius 1 is 1.31 bits per heavy atom. The minimum atomic E-state index is -0.441. The van der Waals surface area contributed by atoms with Crippen LogP contribution in [0, 0.1) is 17.0 Å². The van der Waals surface area contributed by atoms with Crippen molar-refractivity contribution in [3.8, 4) is 5.75 Å². The first-order valence-electron chi connectivity index (χ1n) is 8.32. The van der Waals surface area contributed by atoms with Crippen LogP contribution in [0.15, 0.2) is 18.2 Å². The number of nitro groups is 1. The zero-order valence-electron chi connectivity index (χ0n) is 14.9. The van der Waals surface area contributed by atoms with Crippen LogP contribution in [0.3, 0.4) is 0 Å². The predicted octanol–water partition coefficient (Wildman–Crippen LogP) is 2.82. The van der Waals surface area contributed by atoms with Crippen molar-refractivity contribution in [2.75, 3.05) is 13.1 Å². The number of nitrogens with zero attached hydrogens (tertiary/aromatic N) is 6. The smallest absolute Gasteiger partial charge is 0.311 e. The van der Waals surface area contributed by atoms with Gasteiger partial charge in [0.25, 0.3) is 0 Å². The lowest BCUT2D eigenvalue weighted by molar-refractivity contribution is -0.386. The fraction of sp³-hybridized carbons (Fsp3) is 0.438. The molecule has 138 valence electrons. The van der Waals surface area contributed by atoms with Gasteiger partial charge in [-0.2, -0.15) is 9.61 Å². The van der Waals surface area contributed by atoms with Gasteiger partial charge in [-0.25, -0.2) is 0 Å². The first-order chi connectivity index (χ1) is 12.5. The van der Waals surface area contributed by atoms with E-state index >= 15 is 0 Å². The zero-order chi connectivity index (χ0) is 18.7. The van der Waals surface area contributed by atoms with Gasteiger partial charge < -0.3 is 4.74 Å². The van der Waals surface area contributed by atoms with E-state index in [9.17, 15) is 10.1 Å². The number of aryl methyl sites for hydroxylation is 1. The topological polar surface area (TPSA) is 98.7 Å². The Balaban J connectivity index is 1.76. The normalized spacial score (nSPS) is 11.4. The molecule has 26 heavy (non-hydrogen) atoms. The number of benzene rings is 1. The molecule has 0 spiro atoms. The van der Waals surface area contributed by atoms with Crippen molar-refractivity contribution in [3.63, 3.8) is 0 Å². The highest BCUT2D eigenvalue weighted by molar-refractivity contribution is 7.16. The molecule has 0 unspecified atom stereocenters. The Bertz CT molecular complexity index is 918. The van der Waals surface area contributed by atoms with Crippen LogP contribution in [-0.4, -0.2) is 42.7 Å². The lowest BCUT2D eigenvalue weighted by Gasteiger charge is -2.15. The summed E-state index contributed by atoms with van der Waals surface area (Å²) in [5.41, 5.74) is 0.763. The minimum Gasteiger partial charge on any atom is -0.479 e. The van der Waals surface area contributed by atoms with E-state index in [-0.39, 0.29) is 18.0 Å². The van der Waals surface area contributed by atoms with Crippen LogP contribution in [0.1, 0.15) is 30.2 Å². The Labute approximate surface area is 154 Å². The van der Waals surface area contributed by atoms with Gasteiger partial charge in [0.15, 0.2) is 16.6 Å². The van der Waals surface area contributed by atoms with Crippen molar-refractivity contribution in [1.29, 1.82) is 0 Å². The molecule has 0 saturated heterocycles. The molecule has 0 amide bonds. The summed E-state index contributed by atoms with van der Waals surface area (Å²) >= 11 is 1.36. The highest BCUT2D eigenvalue weighted by Gasteiger charge is 2.17. The maximum Gasteiger partial charge on any atom is 0.311 e. The van der Waals surface area contributed by atoms with Crippen LogP contribution < -0.4 is 4.74 Å². The summed E-state index contributed by atoms with van der Waals surface area (Å²) in [6, 6.07) is 4.89. The lowest BCUT2D eigenvalue weighted by Crippen LogP contribution is -2.23. The van der Waals surface area contributed by atoms with Crippen LogP contribution in [0.4, 0.5) is 5.69 Å². The minimum absolute atomic E-state index is 0.0461. The van der Waals surface area contributed by atoms with E-state index in [1.165, 1.54) is 17.4 Å². The number of rotatable bonds is 8. The van der Waals surface area contributed by atoms with Gasteiger partial charge in [0, 0.05) is 6.07 Å². The summed E-state index contributed by atoms with van der Waals surface area (Å²) in [7, 11) is 0. The van der Waals surface area contributed by atoms with Crippen molar-refractivity contribution in [2.24, 2.45) is 0 Å². The first kappa shape index (κ1) is 18.2. The molecule has 0 bridgehead atoms. The second-order valence-electron chi connectivity index (χ2n) is 5.78. The van der Waals surface area contributed by atoms with E-state index < -0.39 is 4.92 Å². The van der Waals surface area contributed by atoms with Crippen LogP contribution in [-0.2, 0) is 13.2 Å². The van der Waals surface area contributed by atoms with Crippen molar-refractivity contribution < 1.29 is 9.66 Å². The third kappa shape index (κ3) is 3.81. The Morgan fingerprint density at radius 3 is 2.77 bits per heavy atom. The molecule has 0 N–H and O–H groups in total. The van der Waals surface area contributed by atoms with Gasteiger partial charge in [-0.15, -0.1) is 10.2 Å². The third-order valence-corrected chi connectivity index (χ3v) is 4.89. The van der Waals surface area contributed by atoms with Gasteiger partial charge >= 0.3 is 5.69 Å². The quantitative estimate of drug-likeness (QED) is 0.440. The molecule has 0 aliphatic rings. The van der Waals surface area contributed by atoms with Gasteiger partial charge in [0.2, 0.25) is 4.96 Å². The molecule has 0 saturated carbocycles. The summed E-state index contributed by atoms with van der Waals surface area (Å²) in [6.07, 6.45) is 0. The Hall–Kier alpha value is -2.59. The summed E-state index contributed by atoms with van der Waals surface area (Å²) in [5.74, 6) is 1.00. The summed E-state index contributed by atoms with van der Waals surface area (Å²) < 4.78 is 7.35. The van der Waals surface area contributed by atoms with Gasteiger partial charge in [-0.1, -0.05) is 31.3 Å². The van der Waals surface area contributed by atoms with Gasteiger partial charge in [-0.05, 0) is 31.6 Å². The van der Waals surface area contributed by atoms with Gasteiger partial charge in [0.05, 0.1) is 11.5 Å². The van der Waals surface area contributed by atoms with Gasteiger partial charge in [0.1, 0.15) is 6.61 Å². The van der Waals surface area contributed by atoms with Crippen molar-refractivity contribution in [3.05, 3.63) is 44.7 Å². The third-order valence-electron chi connectivity index (χ3n) is 4.02. The van der Waals surface area contributed by atoms with Crippen molar-refractivity contribution >= 4 is 22.0 Å². The van der Waals surface area contributed by atoms with Crippen LogP contribution in [0.2, 0.25) is 0 Å². The maximum atomic E-state index is 11.2. The average Bonchev–Trinajstić information content (AvgIpc) is 3.19. The second-order valence-corrected chi connectivity index (χ2v) is 6.83. The highest BCUT2D eigenvalue weighted by atomic mass is 32.1. The van der Waals surface area contributed by atoms with Crippen LogP contribution in [0.5, 0.6) is 5.75 Å². The number of ether oxygens (including phenoxy) is 1. The molecule has 0 atom stereocenters. The van der Waals surface area contributed by atoms with Gasteiger partial charge in [-0.3, -0.25) is 15.0 Å². The van der Waals surface area contributed by atoms with E-state index in [1.54, 1.807) is 23.6 Å². The molecule has 2 aromatic heterocycles. The summed E-state index contributed by atoms with van der Waals surface area (Å²) in [5, 5.41) is 24.7. The molecule has 0 radical (unpaired) electrons. The highest BCUT2D eigenvalue weighted by Crippen LogP contribution is 2.29. The summed E-state index contributed by atoms with van der Waals surface area (Å²) in [4.78, 5) is 13.6. The molecule has 10 heteroatoms. The van der Waals surface area contributed by atoms with E-state index in [1.807, 2.05) is 0 Å². The molecule has 3 aromatic rings. The fourth-order valence-corrected chi connectivity index (χ4v) is 3.30. The van der Waals surface area contributed by atoms with E-state index in [4.69, 9.17) is 4.74 Å². The Morgan fingerprint density at radius 2 is 2.08 bits per heavy atom. The molecule has 2 heterocycles. The summed E-state index contributed by atoms with van der Waals surface area (Å²) in [6.45, 7) is 8.64. The Kier molecular flexibility index (Phi) is 5.43. The average molecular weight is 376 g/mol. The monoisotopic (exact) mass is 376 g/mol. The number of hydrogen-bond acceptors (Lipinski definition) is 8. The standard InChI is InChI=1S/C16H20N6O3S/c1-4-20(5-2)9-14-17-18-16-21(14)19-15(26-16)10-25-13-7-6-11(3)8-12(13)22(23)24/h6-8H,4-5,9-10H2,1-3H3. The number of hydrogen-bond donors (Lipinski definition) is 0. The van der Waals surface area contributed by atoms with E-state index in [0.717, 1.165) is 24.5 Å². The van der Waals surface area contributed by atoms with Crippen LogP contribution in [0.25, 0.3) is 4.96 Å². The largest absolute Gasteiger partial charge is 0.479 e. The number of fused-ring (bicyclic) bond motifs is 1. The van der Waals surface area contributed by atoms with E-state index in [2.05, 4.69) is 34.0 Å². The number of aromatic nitrogens is 4. The first-order valence-corrected chi connectivity index (χ1v) is 9.13. The fourth-order valence-electron chi connectivity index (χ4n) is 2.53. The molecule has 1 aromatic carbocycles. The molecule has 3 rings (SSSR count). The zero-order valence-corrected chi connectivity index (χ0v) is 15.7. The second kappa shape index (κ2) is 7.75. The van der Waals surface area contributed by atoms with E-state index in [0.29, 0.717) is 16.5 Å². The number of nitro benzene ring substituents is 1. The lowest BCUT2D eigenvalue weighted by atomic mass is 10.2. The molecular formula is C16H20N6O3S. The van der Waals surface area contributed by atoms with Crippen LogP contribution >= 0.6 is 11.3 Å². The SMILES string of the molecule is CCN(CC)Cc1nnc2sc(COc3ccc(C)cc3[N+](=O)[O-])nn12. The molecule has 0 fully saturated rings. The molecule has 0 aliphatic heterocycles. The molecule has 9 nitrogen and oxygen atoms in total. The predicted molar refractivity (Wildman–Crippen MR) is 97.4 cm³/mol. The molecular weight excluding hydrogens is 356 g/mol. The maximum absolute atomic E-state index is 11.2.